The molecule has 6 N–H and O–H groups in total. The van der Waals surface area contributed by atoms with Gasteiger partial charge >= 0.3 is 11.9 Å². The number of carbonyl (C=O) groups is 2. The molecule has 0 aromatic heterocycles. The second-order valence-electron chi connectivity index (χ2n) is 6.32. The predicted molar refractivity (Wildman–Crippen MR) is 95.6 cm³/mol. The average Bonchev–Trinajstić information content (AvgIpc) is 2.45. The Morgan fingerprint density at radius 3 is 1.52 bits per heavy atom. The maximum atomic E-state index is 11.9. The van der Waals surface area contributed by atoms with E-state index in [1.165, 1.54) is 0 Å². The highest BCUT2D eigenvalue weighted by atomic mass is 32.2. The fourth-order valence-electron chi connectivity index (χ4n) is 3.10. The molecular weight excluding hydrogens is 350 g/mol. The zero-order chi connectivity index (χ0) is 18.8. The summed E-state index contributed by atoms with van der Waals surface area (Å²) < 4.78 is 32.6. The van der Waals surface area contributed by atoms with Crippen molar-refractivity contribution < 1.29 is 32.8 Å². The van der Waals surface area contributed by atoms with E-state index in [1.807, 2.05) is 13.8 Å². The minimum Gasteiger partial charge on any atom is -0.481 e. The molecule has 25 heavy (non-hydrogen) atoms. The minimum atomic E-state index is -5.03. The van der Waals surface area contributed by atoms with Gasteiger partial charge in [-0.2, -0.15) is 8.42 Å². The fraction of sp³-hybridized carbons (Fsp3) is 0.875. The average molecular weight is 384 g/mol. The molecule has 0 spiro atoms. The lowest BCUT2D eigenvalue weighted by Crippen LogP contribution is -2.51. The minimum absolute atomic E-state index is 0. The van der Waals surface area contributed by atoms with Gasteiger partial charge in [0.15, 0.2) is 5.25 Å². The van der Waals surface area contributed by atoms with Gasteiger partial charge in [-0.1, -0.05) is 65.2 Å². The molecule has 0 saturated carbocycles. The van der Waals surface area contributed by atoms with E-state index in [1.54, 1.807) is 0 Å². The van der Waals surface area contributed by atoms with Crippen molar-refractivity contribution in [1.82, 2.24) is 6.15 Å². The van der Waals surface area contributed by atoms with Crippen LogP contribution in [0.5, 0.6) is 0 Å². The van der Waals surface area contributed by atoms with Crippen molar-refractivity contribution in [1.29, 1.82) is 0 Å². The first kappa shape index (κ1) is 26.0. The first-order valence-corrected chi connectivity index (χ1v) is 10.1. The van der Waals surface area contributed by atoms with Crippen molar-refractivity contribution in [3.05, 3.63) is 0 Å². The van der Waals surface area contributed by atoms with Crippen LogP contribution in [0.15, 0.2) is 0 Å². The Morgan fingerprint density at radius 1 is 0.880 bits per heavy atom. The van der Waals surface area contributed by atoms with Gasteiger partial charge in [-0.05, 0) is 12.8 Å². The molecule has 1 unspecified atom stereocenters. The van der Waals surface area contributed by atoms with E-state index in [-0.39, 0.29) is 19.0 Å². The van der Waals surface area contributed by atoms with Crippen LogP contribution < -0.4 is 6.15 Å². The third-order valence-corrected chi connectivity index (χ3v) is 5.65. The Bertz CT molecular complexity index is 493. The first-order chi connectivity index (χ1) is 11.1. The third-order valence-electron chi connectivity index (χ3n) is 4.40. The smallest absolute Gasteiger partial charge is 0.325 e. The van der Waals surface area contributed by atoms with E-state index in [9.17, 15) is 32.8 Å². The standard InChI is InChI=1S/C16H30O7S.H3N/c1-3-5-7-9-11-16(15(19)20,12-10-8-6-4-2)13(14(17)18)24(21,22)23;/h13H,3-12H2,1-2H3,(H,17,18)(H,19,20)(H,21,22,23);1H3. The quantitative estimate of drug-likeness (QED) is 0.261. The summed E-state index contributed by atoms with van der Waals surface area (Å²) in [6.07, 6.45) is 5.59. The van der Waals surface area contributed by atoms with Crippen molar-refractivity contribution >= 4 is 22.1 Å². The maximum Gasteiger partial charge on any atom is 0.325 e. The van der Waals surface area contributed by atoms with Crippen molar-refractivity contribution in [3.63, 3.8) is 0 Å². The molecule has 0 radical (unpaired) electrons. The van der Waals surface area contributed by atoms with Crippen LogP contribution in [0.3, 0.4) is 0 Å². The molecular formula is C16H33NO7S. The lowest BCUT2D eigenvalue weighted by atomic mass is 9.74. The topological polar surface area (TPSA) is 164 Å². The van der Waals surface area contributed by atoms with Crippen LogP contribution in [-0.2, 0) is 19.7 Å². The summed E-state index contributed by atoms with van der Waals surface area (Å²) in [5, 5.41) is 16.6. The normalized spacial score (nSPS) is 13.1. The summed E-state index contributed by atoms with van der Waals surface area (Å²) in [6.45, 7) is 3.96. The SMILES string of the molecule is CCCCCCC(CCCCCC)(C(=O)O)C(C(=O)O)S(=O)(=O)O.N. The Kier molecular flexibility index (Phi) is 12.7. The van der Waals surface area contributed by atoms with Gasteiger partial charge in [0.2, 0.25) is 0 Å². The van der Waals surface area contributed by atoms with Crippen LogP contribution >= 0.6 is 0 Å². The third kappa shape index (κ3) is 8.15. The van der Waals surface area contributed by atoms with Gasteiger partial charge < -0.3 is 16.4 Å². The van der Waals surface area contributed by atoms with E-state index < -0.39 is 32.7 Å². The molecule has 150 valence electrons. The van der Waals surface area contributed by atoms with Crippen LogP contribution in [0.25, 0.3) is 0 Å². The Morgan fingerprint density at radius 2 is 1.28 bits per heavy atom. The molecule has 0 saturated heterocycles. The molecule has 0 amide bonds. The summed E-state index contributed by atoms with van der Waals surface area (Å²) >= 11 is 0. The maximum absolute atomic E-state index is 11.9. The number of unbranched alkanes of at least 4 members (excludes halogenated alkanes) is 6. The Labute approximate surface area is 150 Å². The summed E-state index contributed by atoms with van der Waals surface area (Å²) in [7, 11) is -5.03. The second-order valence-corrected chi connectivity index (χ2v) is 7.82. The highest BCUT2D eigenvalue weighted by Crippen LogP contribution is 2.39. The zero-order valence-corrected chi connectivity index (χ0v) is 16.1. The predicted octanol–water partition coefficient (Wildman–Crippen LogP) is 3.50. The van der Waals surface area contributed by atoms with Gasteiger partial charge in [0.1, 0.15) is 0 Å². The summed E-state index contributed by atoms with van der Waals surface area (Å²) in [4.78, 5) is 23.4. The highest BCUT2D eigenvalue weighted by Gasteiger charge is 2.55. The van der Waals surface area contributed by atoms with E-state index in [0.29, 0.717) is 25.7 Å². The van der Waals surface area contributed by atoms with E-state index in [4.69, 9.17) is 0 Å². The number of carboxylic acid groups (broad SMARTS) is 2. The fourth-order valence-corrected chi connectivity index (χ4v) is 4.26. The molecule has 0 aromatic rings. The Hall–Kier alpha value is -1.19. The molecule has 0 fully saturated rings. The molecule has 0 aromatic carbocycles. The van der Waals surface area contributed by atoms with Crippen molar-refractivity contribution in [2.75, 3.05) is 0 Å². The van der Waals surface area contributed by atoms with Crippen LogP contribution in [0.2, 0.25) is 0 Å². The van der Waals surface area contributed by atoms with Gasteiger partial charge in [0, 0.05) is 0 Å². The van der Waals surface area contributed by atoms with Crippen molar-refractivity contribution in [3.8, 4) is 0 Å². The largest absolute Gasteiger partial charge is 0.481 e. The number of hydrogen-bond donors (Lipinski definition) is 4. The number of hydrogen-bond acceptors (Lipinski definition) is 5. The zero-order valence-electron chi connectivity index (χ0n) is 15.2. The summed E-state index contributed by atoms with van der Waals surface area (Å²) in [5.41, 5.74) is -2.00. The lowest BCUT2D eigenvalue weighted by molar-refractivity contribution is -0.156. The van der Waals surface area contributed by atoms with Crippen LogP contribution in [0, 0.1) is 5.41 Å². The summed E-state index contributed by atoms with van der Waals surface area (Å²) in [6, 6.07) is 0. The van der Waals surface area contributed by atoms with Gasteiger partial charge in [0.05, 0.1) is 5.41 Å². The van der Waals surface area contributed by atoms with Gasteiger partial charge in [-0.15, -0.1) is 0 Å². The molecule has 0 heterocycles. The monoisotopic (exact) mass is 383 g/mol. The molecule has 8 nitrogen and oxygen atoms in total. The number of aliphatic carboxylic acids is 2. The highest BCUT2D eigenvalue weighted by molar-refractivity contribution is 7.87. The van der Waals surface area contributed by atoms with Crippen LogP contribution in [-0.4, -0.2) is 40.4 Å². The van der Waals surface area contributed by atoms with E-state index in [2.05, 4.69) is 0 Å². The first-order valence-electron chi connectivity index (χ1n) is 8.56. The molecule has 1 atom stereocenters. The molecule has 0 bridgehead atoms. The Balaban J connectivity index is 0. The van der Waals surface area contributed by atoms with Crippen LogP contribution in [0.4, 0.5) is 0 Å². The molecule has 0 aliphatic carbocycles. The number of carboxylic acids is 2. The molecule has 0 aliphatic heterocycles. The van der Waals surface area contributed by atoms with E-state index in [0.717, 1.165) is 25.7 Å². The summed E-state index contributed by atoms with van der Waals surface area (Å²) in [5.74, 6) is -3.29. The van der Waals surface area contributed by atoms with Crippen molar-refractivity contribution in [2.24, 2.45) is 5.41 Å². The molecule has 0 rings (SSSR count). The molecule has 0 aliphatic rings. The molecule has 9 heteroatoms. The van der Waals surface area contributed by atoms with Gasteiger partial charge in [-0.3, -0.25) is 14.1 Å². The second kappa shape index (κ2) is 12.2. The van der Waals surface area contributed by atoms with Crippen LogP contribution in [0.1, 0.15) is 78.1 Å². The lowest BCUT2D eigenvalue weighted by Gasteiger charge is -2.33. The van der Waals surface area contributed by atoms with Gasteiger partial charge in [-0.25, -0.2) is 0 Å². The van der Waals surface area contributed by atoms with E-state index >= 15 is 0 Å². The van der Waals surface area contributed by atoms with Crippen molar-refractivity contribution in [2.45, 2.75) is 83.3 Å². The number of rotatable bonds is 14. The van der Waals surface area contributed by atoms with Gasteiger partial charge in [0.25, 0.3) is 10.1 Å².